The van der Waals surface area contributed by atoms with Crippen LogP contribution in [0, 0.1) is 0 Å². The summed E-state index contributed by atoms with van der Waals surface area (Å²) < 4.78 is 13.1. The van der Waals surface area contributed by atoms with Gasteiger partial charge in [0.15, 0.2) is 28.3 Å². The Bertz CT molecular complexity index is 1240. The van der Waals surface area contributed by atoms with Gasteiger partial charge in [0.05, 0.1) is 19.5 Å². The van der Waals surface area contributed by atoms with Crippen LogP contribution in [0.15, 0.2) is 47.6 Å². The molecule has 1 amide bonds. The molecule has 1 heterocycles. The molecule has 8 nitrogen and oxygen atoms in total. The zero-order valence-corrected chi connectivity index (χ0v) is 21.9. The second-order valence-electron chi connectivity index (χ2n) is 8.92. The first-order valence-electron chi connectivity index (χ1n) is 12.2. The van der Waals surface area contributed by atoms with E-state index in [0.29, 0.717) is 27.9 Å². The molecule has 1 atom stereocenters. The molecule has 2 aromatic carbocycles. The van der Waals surface area contributed by atoms with Gasteiger partial charge in [-0.15, -0.1) is 10.2 Å². The minimum atomic E-state index is -0.421. The van der Waals surface area contributed by atoms with Crippen LogP contribution in [0.3, 0.4) is 0 Å². The molecule has 1 fully saturated rings. The van der Waals surface area contributed by atoms with Crippen LogP contribution >= 0.6 is 11.8 Å². The predicted molar refractivity (Wildman–Crippen MR) is 141 cm³/mol. The van der Waals surface area contributed by atoms with Crippen LogP contribution < -0.4 is 14.8 Å². The van der Waals surface area contributed by atoms with Gasteiger partial charge in [0.2, 0.25) is 5.91 Å². The number of hydrogen-bond donors (Lipinski definition) is 1. The number of ketones is 1. The lowest BCUT2D eigenvalue weighted by Gasteiger charge is -2.26. The number of amides is 1. The third-order valence-corrected chi connectivity index (χ3v) is 7.49. The van der Waals surface area contributed by atoms with Crippen LogP contribution in [0.4, 0.5) is 5.69 Å². The average molecular weight is 509 g/mol. The lowest BCUT2D eigenvalue weighted by atomic mass is 9.95. The zero-order valence-electron chi connectivity index (χ0n) is 21.1. The van der Waals surface area contributed by atoms with Crippen molar-refractivity contribution >= 4 is 29.1 Å². The number of anilines is 1. The number of thioether (sulfide) groups is 1. The number of carbonyl (C=O) groups is 2. The van der Waals surface area contributed by atoms with Gasteiger partial charge in [-0.3, -0.25) is 14.2 Å². The number of aromatic nitrogens is 3. The minimum absolute atomic E-state index is 0.0446. The first-order chi connectivity index (χ1) is 17.4. The number of carbonyl (C=O) groups excluding carboxylic acids is 2. The SMILES string of the molecule is COc1ccc(-c2nnc(SC(C)C(=O)Nc3cccc(C(C)=O)c3)n2C2CCCCC2)cc1OC. The predicted octanol–water partition coefficient (Wildman–Crippen LogP) is 5.79. The van der Waals surface area contributed by atoms with Gasteiger partial charge in [-0.05, 0) is 57.0 Å². The number of nitrogens with one attached hydrogen (secondary N) is 1. The van der Waals surface area contributed by atoms with E-state index in [1.165, 1.54) is 25.1 Å². The minimum Gasteiger partial charge on any atom is -0.493 e. The van der Waals surface area contributed by atoms with Crippen molar-refractivity contribution in [3.05, 3.63) is 48.0 Å². The Balaban J connectivity index is 1.60. The number of ether oxygens (including phenoxy) is 2. The van der Waals surface area contributed by atoms with E-state index in [0.717, 1.165) is 37.1 Å². The molecule has 190 valence electrons. The molecule has 1 aliphatic rings. The number of hydrogen-bond acceptors (Lipinski definition) is 7. The molecular weight excluding hydrogens is 476 g/mol. The van der Waals surface area contributed by atoms with E-state index in [2.05, 4.69) is 20.1 Å². The molecular formula is C27H32N4O4S. The molecule has 0 aliphatic heterocycles. The largest absolute Gasteiger partial charge is 0.493 e. The summed E-state index contributed by atoms with van der Waals surface area (Å²) in [5, 5.41) is 12.3. The van der Waals surface area contributed by atoms with Gasteiger partial charge in [-0.25, -0.2) is 0 Å². The van der Waals surface area contributed by atoms with Gasteiger partial charge >= 0.3 is 0 Å². The summed E-state index contributed by atoms with van der Waals surface area (Å²) in [5.41, 5.74) is 2.04. The molecule has 1 saturated carbocycles. The number of Topliss-reactive ketones (excluding diaryl/α,β-unsaturated/α-hetero) is 1. The highest BCUT2D eigenvalue weighted by Crippen LogP contribution is 2.38. The van der Waals surface area contributed by atoms with E-state index in [4.69, 9.17) is 9.47 Å². The molecule has 36 heavy (non-hydrogen) atoms. The van der Waals surface area contributed by atoms with Gasteiger partial charge in [-0.1, -0.05) is 43.2 Å². The first kappa shape index (κ1) is 25.8. The maximum atomic E-state index is 13.0. The first-order valence-corrected chi connectivity index (χ1v) is 13.0. The van der Waals surface area contributed by atoms with Crippen molar-refractivity contribution in [2.45, 2.75) is 62.4 Å². The molecule has 0 bridgehead atoms. The lowest BCUT2D eigenvalue weighted by molar-refractivity contribution is -0.115. The van der Waals surface area contributed by atoms with E-state index < -0.39 is 5.25 Å². The van der Waals surface area contributed by atoms with E-state index in [-0.39, 0.29) is 17.7 Å². The highest BCUT2D eigenvalue weighted by Gasteiger charge is 2.27. The summed E-state index contributed by atoms with van der Waals surface area (Å²) in [7, 11) is 3.22. The number of benzene rings is 2. The average Bonchev–Trinajstić information content (AvgIpc) is 3.32. The molecule has 0 saturated heterocycles. The molecule has 3 aromatic rings. The summed E-state index contributed by atoms with van der Waals surface area (Å²) in [6.07, 6.45) is 5.63. The van der Waals surface area contributed by atoms with Gasteiger partial charge in [0.1, 0.15) is 0 Å². The Kier molecular flexibility index (Phi) is 8.30. The van der Waals surface area contributed by atoms with Crippen molar-refractivity contribution in [3.63, 3.8) is 0 Å². The Hall–Kier alpha value is -3.33. The Morgan fingerprint density at radius 2 is 1.78 bits per heavy atom. The van der Waals surface area contributed by atoms with Crippen molar-refractivity contribution < 1.29 is 19.1 Å². The van der Waals surface area contributed by atoms with E-state index in [9.17, 15) is 9.59 Å². The topological polar surface area (TPSA) is 95.3 Å². The quantitative estimate of drug-likeness (QED) is 0.289. The van der Waals surface area contributed by atoms with Crippen LogP contribution in [0.5, 0.6) is 11.5 Å². The van der Waals surface area contributed by atoms with Crippen molar-refractivity contribution in [1.29, 1.82) is 0 Å². The summed E-state index contributed by atoms with van der Waals surface area (Å²) in [5.74, 6) is 1.83. The zero-order chi connectivity index (χ0) is 25.7. The third kappa shape index (κ3) is 5.73. The fourth-order valence-electron chi connectivity index (χ4n) is 4.47. The van der Waals surface area contributed by atoms with E-state index >= 15 is 0 Å². The van der Waals surface area contributed by atoms with Crippen molar-refractivity contribution in [3.8, 4) is 22.9 Å². The van der Waals surface area contributed by atoms with Gasteiger partial charge in [0.25, 0.3) is 0 Å². The second kappa shape index (κ2) is 11.6. The van der Waals surface area contributed by atoms with Crippen molar-refractivity contribution in [2.24, 2.45) is 0 Å². The Morgan fingerprint density at radius 1 is 1.03 bits per heavy atom. The van der Waals surface area contributed by atoms with E-state index in [1.807, 2.05) is 25.1 Å². The number of rotatable bonds is 9. The second-order valence-corrected chi connectivity index (χ2v) is 10.2. The van der Waals surface area contributed by atoms with Crippen molar-refractivity contribution in [2.75, 3.05) is 19.5 Å². The molecule has 1 N–H and O–H groups in total. The van der Waals surface area contributed by atoms with E-state index in [1.54, 1.807) is 38.5 Å². The van der Waals surface area contributed by atoms with Gasteiger partial charge in [-0.2, -0.15) is 0 Å². The van der Waals surface area contributed by atoms with Crippen LogP contribution in [0.25, 0.3) is 11.4 Å². The highest BCUT2D eigenvalue weighted by atomic mass is 32.2. The smallest absolute Gasteiger partial charge is 0.237 e. The van der Waals surface area contributed by atoms with Crippen LogP contribution in [-0.4, -0.2) is 45.9 Å². The van der Waals surface area contributed by atoms with Crippen LogP contribution in [0.2, 0.25) is 0 Å². The fraction of sp³-hybridized carbons (Fsp3) is 0.407. The number of nitrogens with zero attached hydrogens (tertiary/aromatic N) is 3. The van der Waals surface area contributed by atoms with Gasteiger partial charge < -0.3 is 14.8 Å². The molecule has 1 unspecified atom stereocenters. The van der Waals surface area contributed by atoms with Crippen LogP contribution in [-0.2, 0) is 4.79 Å². The summed E-state index contributed by atoms with van der Waals surface area (Å²) in [4.78, 5) is 24.7. The van der Waals surface area contributed by atoms with Crippen LogP contribution in [0.1, 0.15) is 62.4 Å². The molecule has 4 rings (SSSR count). The molecule has 9 heteroatoms. The molecule has 1 aliphatic carbocycles. The number of methoxy groups -OCH3 is 2. The highest BCUT2D eigenvalue weighted by molar-refractivity contribution is 8.00. The standard InChI is InChI=1S/C27H32N4O4S/c1-17(32)19-9-8-10-21(15-19)28-26(33)18(2)36-27-30-29-25(31(27)22-11-6-5-7-12-22)20-13-14-23(34-3)24(16-20)35-4/h8-10,13-16,18,22H,5-7,11-12H2,1-4H3,(H,28,33). The monoisotopic (exact) mass is 508 g/mol. The lowest BCUT2D eigenvalue weighted by Crippen LogP contribution is -2.23. The summed E-state index contributed by atoms with van der Waals surface area (Å²) in [6.45, 7) is 3.36. The fourth-order valence-corrected chi connectivity index (χ4v) is 5.39. The summed E-state index contributed by atoms with van der Waals surface area (Å²) in [6, 6.07) is 13.0. The third-order valence-electron chi connectivity index (χ3n) is 6.43. The Morgan fingerprint density at radius 3 is 2.47 bits per heavy atom. The molecule has 1 aromatic heterocycles. The maximum Gasteiger partial charge on any atom is 0.237 e. The summed E-state index contributed by atoms with van der Waals surface area (Å²) >= 11 is 1.39. The maximum absolute atomic E-state index is 13.0. The Labute approximate surface area is 215 Å². The normalized spacial score (nSPS) is 14.8. The van der Waals surface area contributed by atoms with Gasteiger partial charge in [0, 0.05) is 22.9 Å². The molecule has 0 spiro atoms. The molecule has 0 radical (unpaired) electrons. The van der Waals surface area contributed by atoms with Crippen molar-refractivity contribution in [1.82, 2.24) is 14.8 Å².